The minimum Gasteiger partial charge on any atom is -0.465 e. The van der Waals surface area contributed by atoms with Crippen molar-refractivity contribution >= 4 is 69.1 Å². The second-order valence-electron chi connectivity index (χ2n) is 21.1. The molecule has 0 unspecified atom stereocenters. The Balaban J connectivity index is 0.000000274. The molecule has 4 heterocycles. The third kappa shape index (κ3) is 15.9. The Bertz CT molecular complexity index is 3090. The maximum absolute atomic E-state index is 14.7. The van der Waals surface area contributed by atoms with Crippen LogP contribution < -0.4 is 31.5 Å². The summed E-state index contributed by atoms with van der Waals surface area (Å²) in [5, 5.41) is 23.7. The van der Waals surface area contributed by atoms with E-state index in [0.29, 0.717) is 66.8 Å². The fourth-order valence-corrected chi connectivity index (χ4v) is 7.59. The van der Waals surface area contributed by atoms with Crippen LogP contribution in [0.2, 0.25) is 0 Å². The number of benzene rings is 2. The molecule has 0 radical (unpaired) electrons. The number of carboxylic acid groups (broad SMARTS) is 1. The largest absolute Gasteiger partial charge is 0.465 e. The average Bonchev–Trinajstić information content (AvgIpc) is 3.23. The van der Waals surface area contributed by atoms with Crippen LogP contribution in [0, 0.1) is 39.3 Å². The monoisotopic (exact) mass is 1030 g/mol. The molecule has 0 saturated heterocycles. The van der Waals surface area contributed by atoms with Gasteiger partial charge in [0, 0.05) is 76.4 Å². The van der Waals surface area contributed by atoms with E-state index in [1.165, 1.54) is 50.8 Å². The molecule has 2 aromatic carbocycles. The predicted octanol–water partition coefficient (Wildman–Crippen LogP) is 13.3. The summed E-state index contributed by atoms with van der Waals surface area (Å²) in [6.45, 7) is 23.7. The van der Waals surface area contributed by atoms with Crippen molar-refractivity contribution in [1.82, 2.24) is 30.6 Å². The number of aryl methyl sites for hydroxylation is 4. The lowest BCUT2D eigenvalue weighted by atomic mass is 9.97. The van der Waals surface area contributed by atoms with E-state index in [4.69, 9.17) is 4.74 Å². The van der Waals surface area contributed by atoms with Crippen LogP contribution in [-0.4, -0.2) is 84.9 Å². The van der Waals surface area contributed by atoms with Gasteiger partial charge in [0.1, 0.15) is 40.2 Å². The smallest absolute Gasteiger partial charge is 0.413 e. The molecule has 0 atom stereocenters. The number of nitrogens with zero attached hydrogens (tertiary/aromatic N) is 5. The normalized spacial score (nSPS) is 11.9. The van der Waals surface area contributed by atoms with Gasteiger partial charge in [0.2, 0.25) is 0 Å². The summed E-state index contributed by atoms with van der Waals surface area (Å²) in [5.74, 6) is -0.629. The molecule has 0 aliphatic carbocycles. The summed E-state index contributed by atoms with van der Waals surface area (Å²) < 4.78 is 61.9. The predicted molar refractivity (Wildman–Crippen MR) is 283 cm³/mol. The van der Waals surface area contributed by atoms with E-state index < -0.39 is 58.4 Å². The first kappa shape index (κ1) is 57.3. The van der Waals surface area contributed by atoms with Gasteiger partial charge >= 0.3 is 24.2 Å². The Labute approximate surface area is 428 Å². The molecule has 6 N–H and O–H groups in total. The maximum atomic E-state index is 14.7. The lowest BCUT2D eigenvalue weighted by Gasteiger charge is -2.32. The number of alkyl halides is 2. The third-order valence-electron chi connectivity index (χ3n) is 11.2. The number of urea groups is 2. The number of hydrogen-bond acceptors (Lipinski definition) is 9. The fraction of sp³-hybridized carbons (Fsp3) is 0.407. The highest BCUT2D eigenvalue weighted by Crippen LogP contribution is 2.35. The van der Waals surface area contributed by atoms with E-state index in [9.17, 15) is 41.8 Å². The van der Waals surface area contributed by atoms with Crippen molar-refractivity contribution in [3.8, 4) is 22.3 Å². The number of pyridine rings is 4. The number of hydrogen-bond donors (Lipinski definition) is 6. The summed E-state index contributed by atoms with van der Waals surface area (Å²) in [6.07, 6.45) is 1.65. The molecule has 16 nitrogen and oxygen atoms in total. The number of amides is 6. The van der Waals surface area contributed by atoms with Crippen molar-refractivity contribution in [1.29, 1.82) is 0 Å². The van der Waals surface area contributed by atoms with Crippen molar-refractivity contribution < 1.29 is 46.6 Å². The number of carbonyl (C=O) groups excluding carboxylic acids is 3. The zero-order chi connectivity index (χ0) is 55.2. The first-order valence-corrected chi connectivity index (χ1v) is 23.8. The Morgan fingerprint density at radius 3 is 1.43 bits per heavy atom. The van der Waals surface area contributed by atoms with Crippen molar-refractivity contribution in [2.24, 2.45) is 0 Å². The number of fused-ring (bicyclic) bond motifs is 2. The topological polar surface area (TPSA) is 213 Å². The zero-order valence-electron chi connectivity index (χ0n) is 44.3. The van der Waals surface area contributed by atoms with E-state index in [2.05, 4.69) is 46.5 Å². The van der Waals surface area contributed by atoms with Crippen LogP contribution in [0.3, 0.4) is 0 Å². The number of nitrogens with one attached hydrogen (secondary N) is 5. The fourth-order valence-electron chi connectivity index (χ4n) is 7.59. The van der Waals surface area contributed by atoms with E-state index in [1.807, 2.05) is 19.1 Å². The Morgan fingerprint density at radius 1 is 0.595 bits per heavy atom. The highest BCUT2D eigenvalue weighted by atomic mass is 19.1. The maximum Gasteiger partial charge on any atom is 0.413 e. The van der Waals surface area contributed by atoms with Gasteiger partial charge in [-0.05, 0) is 168 Å². The van der Waals surface area contributed by atoms with Crippen LogP contribution in [0.5, 0.6) is 0 Å². The molecule has 0 aliphatic heterocycles. The minimum atomic E-state index is -1.43. The first-order valence-electron chi connectivity index (χ1n) is 23.8. The molecule has 0 spiro atoms. The molecular formula is C54H66F4N10O6. The van der Waals surface area contributed by atoms with E-state index in [0.717, 1.165) is 5.56 Å². The van der Waals surface area contributed by atoms with Gasteiger partial charge in [-0.3, -0.25) is 20.2 Å². The number of carbonyl (C=O) groups is 4. The van der Waals surface area contributed by atoms with Crippen LogP contribution in [0.1, 0.15) is 105 Å². The van der Waals surface area contributed by atoms with Gasteiger partial charge in [-0.1, -0.05) is 0 Å². The quantitative estimate of drug-likeness (QED) is 0.0638. The Morgan fingerprint density at radius 2 is 1.03 bits per heavy atom. The van der Waals surface area contributed by atoms with Crippen molar-refractivity contribution in [3.05, 3.63) is 95.1 Å². The van der Waals surface area contributed by atoms with Crippen LogP contribution in [-0.2, 0) is 4.74 Å². The van der Waals surface area contributed by atoms with Gasteiger partial charge in [-0.25, -0.2) is 46.7 Å². The first-order chi connectivity index (χ1) is 34.2. The second kappa shape index (κ2) is 22.6. The molecule has 20 heteroatoms. The SMILES string of the molecule is Cc1cc(F)c(NC(=O)NCCC(C)(C)F)cc1-c1cc2cnc(N(C(=O)O)C(C)(C)C)cc2nc1C.Cc1cc(F)c(NC(=O)NCCC(C)(C)F)cc1-c1cc2cnc(NC(=O)OC(C)(C)C)cc2nc1C. The summed E-state index contributed by atoms with van der Waals surface area (Å²) >= 11 is 0. The average molecular weight is 1030 g/mol. The summed E-state index contributed by atoms with van der Waals surface area (Å²) in [7, 11) is 0. The highest BCUT2D eigenvalue weighted by molar-refractivity contribution is 5.95. The standard InChI is InChI=1S/2C27H33F2N5O3/c1-15-10-20(28)22(33-24(35)30-9-8-27(6,7)29)12-18(15)19-11-17-14-31-23(13-21(17)32-16(19)2)34-25(36)37-26(3,4)5;1-15-10-20(28)22(33-24(35)30-9-8-27(6,7)29)12-18(15)19-11-17-14-31-23(13-21(17)32-16(19)2)34(25(36)37)26(3,4)5/h10-14H,8-9H2,1-7H3,(H2,30,33,35)(H,31,34,36);10-14H,8-9H2,1-7H3,(H,36,37)(H2,30,33,35). The molecular weight excluding hydrogens is 961 g/mol. The number of aromatic nitrogens is 4. The highest BCUT2D eigenvalue weighted by Gasteiger charge is 2.29. The number of halogens is 4. The Hall–Kier alpha value is -7.64. The van der Waals surface area contributed by atoms with E-state index in [1.54, 1.807) is 92.9 Å². The molecule has 0 bridgehead atoms. The molecule has 396 valence electrons. The van der Waals surface area contributed by atoms with Crippen LogP contribution in [0.15, 0.2) is 60.9 Å². The molecule has 0 aliphatic rings. The molecule has 74 heavy (non-hydrogen) atoms. The summed E-state index contributed by atoms with van der Waals surface area (Å²) in [6, 6.07) is 11.5. The minimum absolute atomic E-state index is 0.00728. The van der Waals surface area contributed by atoms with Crippen molar-refractivity contribution in [3.63, 3.8) is 0 Å². The molecule has 6 amide bonds. The number of rotatable bonds is 12. The summed E-state index contributed by atoms with van der Waals surface area (Å²) in [4.78, 5) is 67.5. The van der Waals surface area contributed by atoms with Gasteiger partial charge in [0.25, 0.3) is 0 Å². The molecule has 4 aromatic heterocycles. The number of anilines is 4. The van der Waals surface area contributed by atoms with E-state index >= 15 is 0 Å². The lowest BCUT2D eigenvalue weighted by Crippen LogP contribution is -2.45. The van der Waals surface area contributed by atoms with E-state index in [-0.39, 0.29) is 43.1 Å². The molecule has 0 fully saturated rings. The Kier molecular flexibility index (Phi) is 17.5. The third-order valence-corrected chi connectivity index (χ3v) is 11.2. The summed E-state index contributed by atoms with van der Waals surface area (Å²) in [5.41, 5.74) is 2.35. The van der Waals surface area contributed by atoms with Crippen LogP contribution >= 0.6 is 0 Å². The van der Waals surface area contributed by atoms with Gasteiger partial charge in [0.15, 0.2) is 0 Å². The van der Waals surface area contributed by atoms with Crippen molar-refractivity contribution in [2.45, 2.75) is 132 Å². The van der Waals surface area contributed by atoms with Gasteiger partial charge in [-0.15, -0.1) is 0 Å². The van der Waals surface area contributed by atoms with Gasteiger partial charge < -0.3 is 31.1 Å². The van der Waals surface area contributed by atoms with Gasteiger partial charge in [-0.2, -0.15) is 0 Å². The lowest BCUT2D eigenvalue weighted by molar-refractivity contribution is 0.0635. The van der Waals surface area contributed by atoms with Crippen molar-refractivity contribution in [2.75, 3.05) is 33.9 Å². The van der Waals surface area contributed by atoms with Crippen LogP contribution in [0.4, 0.5) is 59.8 Å². The zero-order valence-corrected chi connectivity index (χ0v) is 44.3. The second-order valence-corrected chi connectivity index (χ2v) is 21.1. The molecule has 0 saturated carbocycles. The molecule has 6 aromatic rings. The number of ether oxygens (including phenoxy) is 1. The molecule has 6 rings (SSSR count). The van der Waals surface area contributed by atoms with Crippen LogP contribution in [0.25, 0.3) is 44.1 Å². The van der Waals surface area contributed by atoms with Gasteiger partial charge in [0.05, 0.1) is 22.4 Å².